The summed E-state index contributed by atoms with van der Waals surface area (Å²) >= 11 is 5.23. The number of urea groups is 1. The van der Waals surface area contributed by atoms with Gasteiger partial charge in [-0.2, -0.15) is 5.10 Å². The minimum Gasteiger partial charge on any atom is -0.350 e. The molecule has 0 fully saturated rings. The van der Waals surface area contributed by atoms with Gasteiger partial charge in [0.2, 0.25) is 0 Å². The quantitative estimate of drug-likeness (QED) is 0.431. The highest BCUT2D eigenvalue weighted by Gasteiger charge is 1.82. The monoisotopic (exact) mass is 147 g/mol. The zero-order valence-corrected chi connectivity index (χ0v) is 5.35. The van der Waals surface area contributed by atoms with Gasteiger partial charge in [0.1, 0.15) is 0 Å². The third-order valence-electron chi connectivity index (χ3n) is 0.379. The van der Waals surface area contributed by atoms with Crippen LogP contribution in [0.2, 0.25) is 0 Å². The van der Waals surface area contributed by atoms with E-state index >= 15 is 0 Å². The summed E-state index contributed by atoms with van der Waals surface area (Å²) < 4.78 is 0. The van der Waals surface area contributed by atoms with Gasteiger partial charge < -0.3 is 5.73 Å². The number of amides is 2. The minimum atomic E-state index is -0.732. The highest BCUT2D eigenvalue weighted by molar-refractivity contribution is 6.38. The van der Waals surface area contributed by atoms with Gasteiger partial charge in [0.15, 0.2) is 0 Å². The second-order valence-corrected chi connectivity index (χ2v) is 1.67. The number of carbonyl (C=O) groups is 1. The van der Waals surface area contributed by atoms with Crippen LogP contribution in [0.3, 0.4) is 0 Å². The minimum absolute atomic E-state index is 0.226. The van der Waals surface area contributed by atoms with E-state index in [1.165, 1.54) is 6.21 Å². The summed E-state index contributed by atoms with van der Waals surface area (Å²) in [5.74, 6) is 0. The molecule has 0 aliphatic heterocycles. The Hall–Kier alpha value is -1.03. The van der Waals surface area contributed by atoms with Crippen molar-refractivity contribution in [3.63, 3.8) is 0 Å². The Kier molecular flexibility index (Phi) is 3.46. The van der Waals surface area contributed by atoms with E-state index in [1.807, 2.05) is 5.43 Å². The number of primary amides is 1. The fraction of sp³-hybridized carbons (Fsp3) is 0. The number of allylic oxidation sites excluding steroid dienone is 1. The molecular weight excluding hydrogens is 142 g/mol. The molecule has 2 amide bonds. The van der Waals surface area contributed by atoms with Gasteiger partial charge in [-0.25, -0.2) is 10.2 Å². The molecule has 3 N–H and O–H groups in total. The number of halogens is 1. The maximum absolute atomic E-state index is 9.91. The molecular formula is C4H6ClN3O. The molecule has 0 atom stereocenters. The first-order chi connectivity index (χ1) is 4.13. The number of nitrogens with one attached hydrogen (secondary N) is 1. The van der Waals surface area contributed by atoms with Crippen molar-refractivity contribution in [2.24, 2.45) is 10.8 Å². The van der Waals surface area contributed by atoms with Crippen molar-refractivity contribution in [3.05, 3.63) is 11.6 Å². The number of hydrogen-bond donors (Lipinski definition) is 2. The third-order valence-corrected chi connectivity index (χ3v) is 0.477. The second-order valence-electron chi connectivity index (χ2n) is 1.18. The average Bonchev–Trinajstić information content (AvgIpc) is 1.63. The largest absolute Gasteiger partial charge is 0.350 e. The van der Waals surface area contributed by atoms with Gasteiger partial charge in [-0.15, -0.1) is 0 Å². The van der Waals surface area contributed by atoms with Crippen molar-refractivity contribution in [2.75, 3.05) is 0 Å². The lowest BCUT2D eigenvalue weighted by Crippen LogP contribution is -2.24. The third kappa shape index (κ3) is 6.97. The van der Waals surface area contributed by atoms with Gasteiger partial charge in [-0.05, 0) is 0 Å². The van der Waals surface area contributed by atoms with Gasteiger partial charge >= 0.3 is 6.03 Å². The summed E-state index contributed by atoms with van der Waals surface area (Å²) in [5, 5.41) is 3.52. The smallest absolute Gasteiger partial charge is 0.332 e. The molecule has 0 aliphatic carbocycles. The van der Waals surface area contributed by atoms with Crippen molar-refractivity contribution >= 4 is 23.8 Å². The molecule has 0 spiro atoms. The topological polar surface area (TPSA) is 67.5 Å². The predicted octanol–water partition coefficient (Wildman–Crippen LogP) is 0.393. The molecule has 0 saturated carbocycles. The zero-order chi connectivity index (χ0) is 7.28. The Morgan fingerprint density at radius 3 is 2.78 bits per heavy atom. The molecule has 0 aromatic heterocycles. The molecule has 4 nitrogen and oxygen atoms in total. The van der Waals surface area contributed by atoms with Crippen LogP contribution in [0.1, 0.15) is 0 Å². The fourth-order valence-electron chi connectivity index (χ4n) is 0.166. The number of hydrogen-bond acceptors (Lipinski definition) is 2. The molecule has 50 valence electrons. The standard InChI is InChI=1S/C4H6ClN3O/c1-3(5)2-7-8-4(6)9/h2H,1H2,(H3,6,8,9)/b7-2+. The molecule has 9 heavy (non-hydrogen) atoms. The summed E-state index contributed by atoms with van der Waals surface area (Å²) in [6, 6.07) is -0.732. The summed E-state index contributed by atoms with van der Waals surface area (Å²) in [6.45, 7) is 3.28. The number of nitrogens with zero attached hydrogens (tertiary/aromatic N) is 1. The van der Waals surface area contributed by atoms with Crippen molar-refractivity contribution in [2.45, 2.75) is 0 Å². The van der Waals surface area contributed by atoms with Crippen molar-refractivity contribution in [3.8, 4) is 0 Å². The van der Waals surface area contributed by atoms with Crippen molar-refractivity contribution < 1.29 is 4.79 Å². The average molecular weight is 148 g/mol. The van der Waals surface area contributed by atoms with Crippen LogP contribution in [-0.4, -0.2) is 12.2 Å². The molecule has 0 aliphatic rings. The number of rotatable bonds is 2. The Labute approximate surface area is 57.4 Å². The lowest BCUT2D eigenvalue weighted by Gasteiger charge is -1.87. The lowest BCUT2D eigenvalue weighted by molar-refractivity contribution is 0.249. The SMILES string of the molecule is C=C(Cl)/C=N/NC(N)=O. The van der Waals surface area contributed by atoms with Crippen LogP contribution >= 0.6 is 11.6 Å². The Morgan fingerprint density at radius 1 is 1.89 bits per heavy atom. The van der Waals surface area contributed by atoms with Crippen LogP contribution in [0.5, 0.6) is 0 Å². The molecule has 0 unspecified atom stereocenters. The number of carbonyl (C=O) groups excluding carboxylic acids is 1. The van der Waals surface area contributed by atoms with Gasteiger partial charge in [0, 0.05) is 0 Å². The maximum atomic E-state index is 9.91. The second kappa shape index (κ2) is 3.91. The van der Waals surface area contributed by atoms with Crippen molar-refractivity contribution in [1.82, 2.24) is 5.43 Å². The van der Waals surface area contributed by atoms with Crippen LogP contribution in [0.25, 0.3) is 0 Å². The summed E-state index contributed by atoms with van der Waals surface area (Å²) in [7, 11) is 0. The van der Waals surface area contributed by atoms with E-state index in [0.29, 0.717) is 0 Å². The maximum Gasteiger partial charge on any atom is 0.332 e. The van der Waals surface area contributed by atoms with E-state index < -0.39 is 6.03 Å². The van der Waals surface area contributed by atoms with Crippen LogP contribution in [-0.2, 0) is 0 Å². The molecule has 5 heteroatoms. The first-order valence-electron chi connectivity index (χ1n) is 2.06. The lowest BCUT2D eigenvalue weighted by atomic mass is 10.7. The highest BCUT2D eigenvalue weighted by atomic mass is 35.5. The van der Waals surface area contributed by atoms with Gasteiger partial charge in [0.25, 0.3) is 0 Å². The molecule has 0 aromatic carbocycles. The number of hydrazone groups is 1. The van der Waals surface area contributed by atoms with E-state index in [4.69, 9.17) is 11.6 Å². The Balaban J connectivity index is 3.48. The van der Waals surface area contributed by atoms with Crippen LogP contribution in [0.15, 0.2) is 16.7 Å². The first kappa shape index (κ1) is 7.97. The van der Waals surface area contributed by atoms with E-state index in [2.05, 4.69) is 17.4 Å². The summed E-state index contributed by atoms with van der Waals surface area (Å²) in [6.07, 6.45) is 1.17. The van der Waals surface area contributed by atoms with Gasteiger partial charge in [0.05, 0.1) is 11.2 Å². The van der Waals surface area contributed by atoms with Gasteiger partial charge in [-0.1, -0.05) is 18.2 Å². The van der Waals surface area contributed by atoms with E-state index in [-0.39, 0.29) is 5.03 Å². The predicted molar refractivity (Wildman–Crippen MR) is 36.2 cm³/mol. The molecule has 0 aromatic rings. The Morgan fingerprint density at radius 2 is 2.44 bits per heavy atom. The molecule has 0 saturated heterocycles. The van der Waals surface area contributed by atoms with Crippen LogP contribution in [0.4, 0.5) is 4.79 Å². The first-order valence-corrected chi connectivity index (χ1v) is 2.43. The highest BCUT2D eigenvalue weighted by Crippen LogP contribution is 1.88. The molecule has 0 heterocycles. The van der Waals surface area contributed by atoms with Crippen molar-refractivity contribution in [1.29, 1.82) is 0 Å². The normalized spacial score (nSPS) is 9.44. The van der Waals surface area contributed by atoms with E-state index in [9.17, 15) is 4.79 Å². The van der Waals surface area contributed by atoms with Gasteiger partial charge in [-0.3, -0.25) is 0 Å². The Bertz CT molecular complexity index is 154. The van der Waals surface area contributed by atoms with Crippen LogP contribution < -0.4 is 11.2 Å². The fourth-order valence-corrected chi connectivity index (χ4v) is 0.215. The van der Waals surface area contributed by atoms with E-state index in [0.717, 1.165) is 0 Å². The molecule has 0 rings (SSSR count). The zero-order valence-electron chi connectivity index (χ0n) is 4.60. The number of nitrogens with two attached hydrogens (primary N) is 1. The molecule has 0 radical (unpaired) electrons. The van der Waals surface area contributed by atoms with Crippen LogP contribution in [0, 0.1) is 0 Å². The summed E-state index contributed by atoms with van der Waals surface area (Å²) in [4.78, 5) is 9.91. The summed E-state index contributed by atoms with van der Waals surface area (Å²) in [5.41, 5.74) is 6.58. The van der Waals surface area contributed by atoms with E-state index in [1.54, 1.807) is 0 Å². The molecule has 0 bridgehead atoms.